The highest BCUT2D eigenvalue weighted by molar-refractivity contribution is 6.10. The molecular formula is C36H23N3O. The Morgan fingerprint density at radius 3 is 2.17 bits per heavy atom. The second-order valence-electron chi connectivity index (χ2n) is 9.94. The molecule has 0 saturated carbocycles. The lowest BCUT2D eigenvalue weighted by Crippen LogP contribution is -1.97. The zero-order chi connectivity index (χ0) is 26.5. The summed E-state index contributed by atoms with van der Waals surface area (Å²) in [5.41, 5.74) is 4.43. The third-order valence-corrected chi connectivity index (χ3v) is 7.54. The fraction of sp³-hybridized carbons (Fsp3) is 0. The predicted molar refractivity (Wildman–Crippen MR) is 163 cm³/mol. The summed E-state index contributed by atoms with van der Waals surface area (Å²) < 4.78 is 8.56. The number of hydrogen-bond donors (Lipinski definition) is 0. The molecule has 188 valence electrons. The average Bonchev–Trinajstić information content (AvgIpc) is 3.35. The molecule has 3 heterocycles. The summed E-state index contributed by atoms with van der Waals surface area (Å²) in [4.78, 5) is 9.38. The Hall–Kier alpha value is -5.48. The van der Waals surface area contributed by atoms with E-state index in [9.17, 15) is 0 Å². The molecule has 0 bridgehead atoms. The molecule has 0 radical (unpaired) electrons. The normalized spacial score (nSPS) is 11.5. The van der Waals surface area contributed by atoms with Crippen molar-refractivity contribution in [1.29, 1.82) is 0 Å². The molecule has 4 nitrogen and oxygen atoms in total. The Labute approximate surface area is 230 Å². The maximum atomic E-state index is 6.30. The lowest BCUT2D eigenvalue weighted by Gasteiger charge is -2.11. The van der Waals surface area contributed by atoms with Gasteiger partial charge in [-0.1, -0.05) is 84.9 Å². The molecule has 0 aliphatic heterocycles. The first kappa shape index (κ1) is 22.5. The number of rotatable bonds is 4. The van der Waals surface area contributed by atoms with Gasteiger partial charge in [0.25, 0.3) is 0 Å². The van der Waals surface area contributed by atoms with E-state index in [-0.39, 0.29) is 0 Å². The van der Waals surface area contributed by atoms with Gasteiger partial charge in [0, 0.05) is 33.9 Å². The van der Waals surface area contributed by atoms with Crippen molar-refractivity contribution in [3.63, 3.8) is 0 Å². The summed E-state index contributed by atoms with van der Waals surface area (Å²) in [6.07, 6.45) is 3.74. The first-order chi connectivity index (χ1) is 19.8. The molecule has 0 saturated heterocycles. The van der Waals surface area contributed by atoms with Crippen LogP contribution < -0.4 is 4.74 Å². The third-order valence-electron chi connectivity index (χ3n) is 7.54. The van der Waals surface area contributed by atoms with E-state index in [2.05, 4.69) is 94.5 Å². The van der Waals surface area contributed by atoms with Crippen LogP contribution in [0.5, 0.6) is 11.6 Å². The van der Waals surface area contributed by atoms with E-state index in [1.165, 1.54) is 16.2 Å². The van der Waals surface area contributed by atoms with Crippen molar-refractivity contribution in [2.24, 2.45) is 0 Å². The molecule has 3 aromatic heterocycles. The van der Waals surface area contributed by atoms with Crippen LogP contribution in [0.25, 0.3) is 60.3 Å². The Kier molecular flexibility index (Phi) is 5.10. The van der Waals surface area contributed by atoms with Crippen molar-refractivity contribution in [1.82, 2.24) is 14.5 Å². The van der Waals surface area contributed by atoms with Crippen molar-refractivity contribution < 1.29 is 4.74 Å². The monoisotopic (exact) mass is 513 g/mol. The number of benzene rings is 5. The van der Waals surface area contributed by atoms with Crippen LogP contribution in [0.2, 0.25) is 0 Å². The van der Waals surface area contributed by atoms with E-state index in [0.717, 1.165) is 49.9 Å². The van der Waals surface area contributed by atoms with Crippen LogP contribution in [0.3, 0.4) is 0 Å². The standard InChI is InChI=1S/C36H23N3O/c1-2-10-28-23-38-35(22-26(28)9-1)39-33-15-6-5-14-31(33)32-17-16-27(21-34(32)39)25-11-7-12-29(20-25)40-36-30-13-4-3-8-24(30)18-19-37-36/h1-23H. The van der Waals surface area contributed by atoms with Gasteiger partial charge in [0.05, 0.1) is 11.0 Å². The summed E-state index contributed by atoms with van der Waals surface area (Å²) >= 11 is 0. The number of fused-ring (bicyclic) bond motifs is 5. The largest absolute Gasteiger partial charge is 0.438 e. The minimum Gasteiger partial charge on any atom is -0.438 e. The van der Waals surface area contributed by atoms with Crippen LogP contribution >= 0.6 is 0 Å². The first-order valence-electron chi connectivity index (χ1n) is 13.3. The third kappa shape index (κ3) is 3.69. The zero-order valence-corrected chi connectivity index (χ0v) is 21.5. The summed E-state index contributed by atoms with van der Waals surface area (Å²) in [7, 11) is 0. The highest BCUT2D eigenvalue weighted by Gasteiger charge is 2.15. The van der Waals surface area contributed by atoms with E-state index in [1.807, 2.05) is 48.7 Å². The van der Waals surface area contributed by atoms with Crippen molar-refractivity contribution in [3.8, 4) is 28.6 Å². The van der Waals surface area contributed by atoms with Gasteiger partial charge >= 0.3 is 0 Å². The van der Waals surface area contributed by atoms with Gasteiger partial charge in [-0.15, -0.1) is 0 Å². The van der Waals surface area contributed by atoms with Crippen LogP contribution in [0.1, 0.15) is 0 Å². The Balaban J connectivity index is 1.26. The summed E-state index contributed by atoms with van der Waals surface area (Å²) in [5, 5.41) is 6.79. The van der Waals surface area contributed by atoms with Crippen molar-refractivity contribution in [2.45, 2.75) is 0 Å². The topological polar surface area (TPSA) is 39.9 Å². The molecule has 0 amide bonds. The van der Waals surface area contributed by atoms with Gasteiger partial charge < -0.3 is 4.74 Å². The van der Waals surface area contributed by atoms with Gasteiger partial charge in [0.1, 0.15) is 11.6 Å². The molecule has 0 atom stereocenters. The molecule has 8 aromatic rings. The SMILES string of the molecule is c1cc(Oc2nccc3ccccc23)cc(-c2ccc3c4ccccc4n(-c4cc5ccccc5cn4)c3c2)c1. The molecule has 0 fully saturated rings. The number of aromatic nitrogens is 3. The van der Waals surface area contributed by atoms with Crippen molar-refractivity contribution >= 4 is 43.4 Å². The van der Waals surface area contributed by atoms with Crippen LogP contribution in [-0.4, -0.2) is 14.5 Å². The van der Waals surface area contributed by atoms with Gasteiger partial charge in [0.2, 0.25) is 5.88 Å². The zero-order valence-electron chi connectivity index (χ0n) is 21.5. The molecule has 5 aromatic carbocycles. The summed E-state index contributed by atoms with van der Waals surface area (Å²) in [6, 6.07) is 44.0. The highest BCUT2D eigenvalue weighted by Crippen LogP contribution is 2.36. The second-order valence-corrected chi connectivity index (χ2v) is 9.94. The number of ether oxygens (including phenoxy) is 1. The quantitative estimate of drug-likeness (QED) is 0.235. The van der Waals surface area contributed by atoms with Gasteiger partial charge in [-0.25, -0.2) is 9.97 Å². The molecular weight excluding hydrogens is 490 g/mol. The first-order valence-corrected chi connectivity index (χ1v) is 13.3. The number of para-hydroxylation sites is 1. The van der Waals surface area contributed by atoms with Gasteiger partial charge in [0.15, 0.2) is 0 Å². The highest BCUT2D eigenvalue weighted by atomic mass is 16.5. The second kappa shape index (κ2) is 9.07. The molecule has 0 spiro atoms. The maximum Gasteiger partial charge on any atom is 0.227 e. The molecule has 0 unspecified atom stereocenters. The minimum atomic E-state index is 0.605. The molecule has 8 rings (SSSR count). The number of pyridine rings is 2. The van der Waals surface area contributed by atoms with E-state index in [4.69, 9.17) is 9.72 Å². The fourth-order valence-electron chi connectivity index (χ4n) is 5.62. The number of nitrogens with zero attached hydrogens (tertiary/aromatic N) is 3. The lowest BCUT2D eigenvalue weighted by atomic mass is 10.0. The molecule has 0 aliphatic carbocycles. The molecule has 4 heteroatoms. The van der Waals surface area contributed by atoms with E-state index >= 15 is 0 Å². The Morgan fingerprint density at radius 1 is 0.500 bits per heavy atom. The summed E-state index contributed by atoms with van der Waals surface area (Å²) in [6.45, 7) is 0. The molecule has 40 heavy (non-hydrogen) atoms. The van der Waals surface area contributed by atoms with E-state index in [1.54, 1.807) is 6.20 Å². The van der Waals surface area contributed by atoms with Crippen LogP contribution in [0.15, 0.2) is 140 Å². The molecule has 0 N–H and O–H groups in total. The summed E-state index contributed by atoms with van der Waals surface area (Å²) in [5.74, 6) is 2.26. The smallest absolute Gasteiger partial charge is 0.227 e. The van der Waals surface area contributed by atoms with Crippen LogP contribution in [0.4, 0.5) is 0 Å². The Morgan fingerprint density at radius 2 is 1.25 bits per heavy atom. The minimum absolute atomic E-state index is 0.605. The van der Waals surface area contributed by atoms with Crippen LogP contribution in [-0.2, 0) is 0 Å². The Bertz CT molecular complexity index is 2210. The predicted octanol–water partition coefficient (Wildman–Crippen LogP) is 9.34. The fourth-order valence-corrected chi connectivity index (χ4v) is 5.62. The van der Waals surface area contributed by atoms with Crippen molar-refractivity contribution in [2.75, 3.05) is 0 Å². The van der Waals surface area contributed by atoms with E-state index in [0.29, 0.717) is 5.88 Å². The van der Waals surface area contributed by atoms with Crippen LogP contribution in [0, 0.1) is 0 Å². The lowest BCUT2D eigenvalue weighted by molar-refractivity contribution is 0.469. The van der Waals surface area contributed by atoms with Gasteiger partial charge in [-0.2, -0.15) is 0 Å². The number of hydrogen-bond acceptors (Lipinski definition) is 3. The maximum absolute atomic E-state index is 6.30. The average molecular weight is 514 g/mol. The van der Waals surface area contributed by atoms with E-state index < -0.39 is 0 Å². The van der Waals surface area contributed by atoms with Gasteiger partial charge in [-0.05, 0) is 64.4 Å². The van der Waals surface area contributed by atoms with Crippen molar-refractivity contribution in [3.05, 3.63) is 140 Å². The molecule has 0 aliphatic rings. The van der Waals surface area contributed by atoms with Gasteiger partial charge in [-0.3, -0.25) is 4.57 Å².